The van der Waals surface area contributed by atoms with Gasteiger partial charge in [-0.25, -0.2) is 0 Å². The monoisotopic (exact) mass is 302 g/mol. The molecule has 22 heavy (non-hydrogen) atoms. The molecule has 118 valence electrons. The molecule has 1 aromatic heterocycles. The first-order valence-corrected chi connectivity index (χ1v) is 7.49. The largest absolute Gasteiger partial charge is 0.497 e. The summed E-state index contributed by atoms with van der Waals surface area (Å²) in [5.41, 5.74) is 1.16. The number of hydrogen-bond donors (Lipinski definition) is 1. The zero-order chi connectivity index (χ0) is 15.7. The summed E-state index contributed by atoms with van der Waals surface area (Å²) in [4.78, 5) is 2.25. The number of nitrogens with zero attached hydrogens (tertiary/aromatic N) is 4. The van der Waals surface area contributed by atoms with E-state index in [0.717, 1.165) is 29.4 Å². The van der Waals surface area contributed by atoms with E-state index in [1.165, 1.54) is 0 Å². The van der Waals surface area contributed by atoms with Crippen LogP contribution in [0, 0.1) is 6.92 Å². The molecule has 1 saturated heterocycles. The zero-order valence-corrected chi connectivity index (χ0v) is 13.2. The number of hydrogen-bond acceptors (Lipinski definition) is 5. The molecule has 0 bridgehead atoms. The minimum atomic E-state index is -0.314. The average Bonchev–Trinajstić information content (AvgIpc) is 3.04. The summed E-state index contributed by atoms with van der Waals surface area (Å²) in [5.74, 6) is 2.65. The van der Waals surface area contributed by atoms with Gasteiger partial charge in [-0.15, -0.1) is 10.2 Å². The van der Waals surface area contributed by atoms with E-state index in [1.807, 2.05) is 36.7 Å². The molecule has 0 saturated carbocycles. The van der Waals surface area contributed by atoms with Gasteiger partial charge < -0.3 is 14.4 Å². The standard InChI is InChI=1S/C16H22N4O2/c1-11-17-18-16(19(11)2)10-20-9-13(21)8-15(20)12-5-4-6-14(7-12)22-3/h4-7,13,15,21H,8-10H2,1-3H3/t13-,15+/m0/s1. The Morgan fingerprint density at radius 2 is 2.18 bits per heavy atom. The first-order valence-electron chi connectivity index (χ1n) is 7.49. The molecular formula is C16H22N4O2. The number of aryl methyl sites for hydroxylation is 1. The lowest BCUT2D eigenvalue weighted by molar-refractivity contribution is 0.171. The molecule has 1 aliphatic heterocycles. The van der Waals surface area contributed by atoms with Crippen LogP contribution in [0.3, 0.4) is 0 Å². The van der Waals surface area contributed by atoms with Crippen molar-refractivity contribution < 1.29 is 9.84 Å². The van der Waals surface area contributed by atoms with Crippen molar-refractivity contribution in [3.8, 4) is 5.75 Å². The van der Waals surface area contributed by atoms with Gasteiger partial charge in [0.15, 0.2) is 0 Å². The quantitative estimate of drug-likeness (QED) is 0.926. The lowest BCUT2D eigenvalue weighted by Crippen LogP contribution is -2.26. The van der Waals surface area contributed by atoms with Gasteiger partial charge in [-0.05, 0) is 31.0 Å². The van der Waals surface area contributed by atoms with Gasteiger partial charge in [-0.2, -0.15) is 0 Å². The smallest absolute Gasteiger partial charge is 0.146 e. The highest BCUT2D eigenvalue weighted by atomic mass is 16.5. The number of benzene rings is 1. The highest BCUT2D eigenvalue weighted by Gasteiger charge is 2.33. The van der Waals surface area contributed by atoms with E-state index in [9.17, 15) is 5.11 Å². The zero-order valence-electron chi connectivity index (χ0n) is 13.2. The van der Waals surface area contributed by atoms with Crippen LogP contribution in [0.1, 0.15) is 29.7 Å². The van der Waals surface area contributed by atoms with Crippen molar-refractivity contribution in [2.45, 2.75) is 32.0 Å². The van der Waals surface area contributed by atoms with Crippen LogP contribution < -0.4 is 4.74 Å². The molecule has 2 atom stereocenters. The van der Waals surface area contributed by atoms with Gasteiger partial charge in [0.2, 0.25) is 0 Å². The fraction of sp³-hybridized carbons (Fsp3) is 0.500. The van der Waals surface area contributed by atoms with Crippen LogP contribution >= 0.6 is 0 Å². The second-order valence-electron chi connectivity index (χ2n) is 5.83. The molecule has 2 heterocycles. The summed E-state index contributed by atoms with van der Waals surface area (Å²) in [6, 6.07) is 8.22. The topological polar surface area (TPSA) is 63.4 Å². The van der Waals surface area contributed by atoms with Crippen molar-refractivity contribution in [3.05, 3.63) is 41.5 Å². The molecule has 0 amide bonds. The predicted octanol–water partition coefficient (Wildman–Crippen LogP) is 1.44. The first-order chi connectivity index (χ1) is 10.6. The van der Waals surface area contributed by atoms with E-state index >= 15 is 0 Å². The summed E-state index contributed by atoms with van der Waals surface area (Å²) in [7, 11) is 3.64. The Hall–Kier alpha value is -1.92. The molecule has 1 fully saturated rings. The maximum absolute atomic E-state index is 10.1. The lowest BCUT2D eigenvalue weighted by Gasteiger charge is -2.24. The summed E-state index contributed by atoms with van der Waals surface area (Å²) in [6.07, 6.45) is 0.412. The Bertz CT molecular complexity index is 655. The van der Waals surface area contributed by atoms with Crippen molar-refractivity contribution in [2.75, 3.05) is 13.7 Å². The van der Waals surface area contributed by atoms with Gasteiger partial charge >= 0.3 is 0 Å². The number of β-amino-alcohol motifs (C(OH)–C–C–N with tert-alkyl or cyclic N) is 1. The molecule has 1 N–H and O–H groups in total. The summed E-state index contributed by atoms with van der Waals surface area (Å²) < 4.78 is 7.30. The van der Waals surface area contributed by atoms with Crippen molar-refractivity contribution >= 4 is 0 Å². The Kier molecular flexibility index (Phi) is 4.13. The second kappa shape index (κ2) is 6.06. The first kappa shape index (κ1) is 15.0. The third kappa shape index (κ3) is 2.84. The van der Waals surface area contributed by atoms with Crippen LogP contribution in [-0.2, 0) is 13.6 Å². The molecule has 0 spiro atoms. The minimum absolute atomic E-state index is 0.169. The Morgan fingerprint density at radius 3 is 2.86 bits per heavy atom. The summed E-state index contributed by atoms with van der Waals surface area (Å²) in [5, 5.41) is 18.4. The van der Waals surface area contributed by atoms with E-state index in [1.54, 1.807) is 7.11 Å². The van der Waals surface area contributed by atoms with Gasteiger partial charge in [-0.1, -0.05) is 12.1 Å². The summed E-state index contributed by atoms with van der Waals surface area (Å²) >= 11 is 0. The normalized spacial score (nSPS) is 22.2. The maximum atomic E-state index is 10.1. The van der Waals surface area contributed by atoms with Crippen molar-refractivity contribution in [1.29, 1.82) is 0 Å². The number of methoxy groups -OCH3 is 1. The molecule has 1 aliphatic rings. The van der Waals surface area contributed by atoms with Crippen LogP contribution in [-0.4, -0.2) is 44.5 Å². The van der Waals surface area contributed by atoms with E-state index in [-0.39, 0.29) is 12.1 Å². The van der Waals surface area contributed by atoms with Crippen LogP contribution in [0.4, 0.5) is 0 Å². The van der Waals surface area contributed by atoms with E-state index < -0.39 is 0 Å². The number of ether oxygens (including phenoxy) is 1. The van der Waals surface area contributed by atoms with Crippen LogP contribution in [0.15, 0.2) is 24.3 Å². The van der Waals surface area contributed by atoms with Crippen molar-refractivity contribution in [1.82, 2.24) is 19.7 Å². The van der Waals surface area contributed by atoms with Crippen molar-refractivity contribution in [3.63, 3.8) is 0 Å². The molecule has 0 unspecified atom stereocenters. The van der Waals surface area contributed by atoms with Gasteiger partial charge in [0.05, 0.1) is 19.8 Å². The van der Waals surface area contributed by atoms with E-state index in [4.69, 9.17) is 4.74 Å². The molecule has 3 rings (SSSR count). The van der Waals surface area contributed by atoms with Gasteiger partial charge in [0, 0.05) is 19.6 Å². The highest BCUT2D eigenvalue weighted by Crippen LogP contribution is 2.34. The Balaban J connectivity index is 1.84. The Labute approximate surface area is 130 Å². The third-order valence-corrected chi connectivity index (χ3v) is 4.39. The number of aliphatic hydroxyl groups is 1. The summed E-state index contributed by atoms with van der Waals surface area (Å²) in [6.45, 7) is 3.26. The molecular weight excluding hydrogens is 280 g/mol. The fourth-order valence-electron chi connectivity index (χ4n) is 3.02. The van der Waals surface area contributed by atoms with E-state index in [2.05, 4.69) is 21.2 Å². The molecule has 2 aromatic rings. The van der Waals surface area contributed by atoms with Gasteiger partial charge in [0.25, 0.3) is 0 Å². The third-order valence-electron chi connectivity index (χ3n) is 4.39. The Morgan fingerprint density at radius 1 is 1.36 bits per heavy atom. The maximum Gasteiger partial charge on any atom is 0.146 e. The highest BCUT2D eigenvalue weighted by molar-refractivity contribution is 5.31. The fourth-order valence-corrected chi connectivity index (χ4v) is 3.02. The van der Waals surface area contributed by atoms with E-state index in [0.29, 0.717) is 13.1 Å². The van der Waals surface area contributed by atoms with Gasteiger partial charge in [-0.3, -0.25) is 4.90 Å². The molecule has 0 radical (unpaired) electrons. The average molecular weight is 302 g/mol. The number of likely N-dealkylation sites (tertiary alicyclic amines) is 1. The van der Waals surface area contributed by atoms with Crippen LogP contribution in [0.25, 0.3) is 0 Å². The number of aliphatic hydroxyl groups excluding tert-OH is 1. The SMILES string of the molecule is COc1cccc([C@H]2C[C@H](O)CN2Cc2nnc(C)n2C)c1. The van der Waals surface area contributed by atoms with Crippen LogP contribution in [0.5, 0.6) is 5.75 Å². The number of rotatable bonds is 4. The number of aromatic nitrogens is 3. The second-order valence-corrected chi connectivity index (χ2v) is 5.83. The molecule has 6 heteroatoms. The lowest BCUT2D eigenvalue weighted by atomic mass is 10.0. The molecule has 6 nitrogen and oxygen atoms in total. The van der Waals surface area contributed by atoms with Crippen LogP contribution in [0.2, 0.25) is 0 Å². The van der Waals surface area contributed by atoms with Crippen molar-refractivity contribution in [2.24, 2.45) is 7.05 Å². The minimum Gasteiger partial charge on any atom is -0.497 e. The van der Waals surface area contributed by atoms with Gasteiger partial charge in [0.1, 0.15) is 17.4 Å². The predicted molar refractivity (Wildman–Crippen MR) is 82.5 cm³/mol. The molecule has 1 aromatic carbocycles. The molecule has 0 aliphatic carbocycles.